The normalized spacial score (nSPS) is 24.5. The lowest BCUT2D eigenvalue weighted by Gasteiger charge is -2.23. The fraction of sp³-hybridized carbons (Fsp3) is 0.533. The van der Waals surface area contributed by atoms with Crippen molar-refractivity contribution >= 4 is 15.6 Å². The van der Waals surface area contributed by atoms with Crippen LogP contribution >= 0.6 is 0 Å². The van der Waals surface area contributed by atoms with Gasteiger partial charge in [0, 0.05) is 24.6 Å². The molecule has 0 aromatic heterocycles. The molecule has 6 heteroatoms. The van der Waals surface area contributed by atoms with Gasteiger partial charge in [-0.1, -0.05) is 12.1 Å². The fourth-order valence-corrected chi connectivity index (χ4v) is 3.91. The van der Waals surface area contributed by atoms with Crippen molar-refractivity contribution in [1.82, 2.24) is 5.32 Å². The van der Waals surface area contributed by atoms with Gasteiger partial charge in [-0.3, -0.25) is 4.79 Å². The Kier molecular flexibility index (Phi) is 3.99. The van der Waals surface area contributed by atoms with E-state index in [0.29, 0.717) is 24.0 Å². The van der Waals surface area contributed by atoms with E-state index in [1.54, 1.807) is 18.2 Å². The van der Waals surface area contributed by atoms with Crippen LogP contribution in [0, 0.1) is 0 Å². The molecule has 0 bridgehead atoms. The van der Waals surface area contributed by atoms with Crippen LogP contribution in [0.15, 0.2) is 24.3 Å². The van der Waals surface area contributed by atoms with Crippen molar-refractivity contribution < 1.29 is 17.9 Å². The van der Waals surface area contributed by atoms with E-state index in [9.17, 15) is 13.2 Å². The summed E-state index contributed by atoms with van der Waals surface area (Å²) in [7, 11) is -3.01. The molecular formula is C15H19NO4S. The summed E-state index contributed by atoms with van der Waals surface area (Å²) in [5, 5.41) is 3.10. The Balaban J connectivity index is 1.64. The maximum atomic E-state index is 12.3. The SMILES string of the molecule is O=C(CC1CS(=O)(=O)CCN1)c1cccc(OC2CC2)c1. The van der Waals surface area contributed by atoms with E-state index >= 15 is 0 Å². The summed E-state index contributed by atoms with van der Waals surface area (Å²) >= 11 is 0. The van der Waals surface area contributed by atoms with Gasteiger partial charge in [0.25, 0.3) is 0 Å². The van der Waals surface area contributed by atoms with Crippen molar-refractivity contribution in [2.45, 2.75) is 31.4 Å². The first kappa shape index (κ1) is 14.5. The van der Waals surface area contributed by atoms with Gasteiger partial charge in [-0.05, 0) is 25.0 Å². The fourth-order valence-electron chi connectivity index (χ4n) is 2.46. The van der Waals surface area contributed by atoms with Gasteiger partial charge in [-0.2, -0.15) is 0 Å². The second-order valence-electron chi connectivity index (χ2n) is 5.74. The minimum Gasteiger partial charge on any atom is -0.490 e. The van der Waals surface area contributed by atoms with Gasteiger partial charge in [-0.15, -0.1) is 0 Å². The number of nitrogens with one attached hydrogen (secondary N) is 1. The zero-order valence-electron chi connectivity index (χ0n) is 11.7. The molecule has 21 heavy (non-hydrogen) atoms. The van der Waals surface area contributed by atoms with Gasteiger partial charge in [0.15, 0.2) is 15.6 Å². The second-order valence-corrected chi connectivity index (χ2v) is 7.97. The zero-order chi connectivity index (χ0) is 14.9. The summed E-state index contributed by atoms with van der Waals surface area (Å²) < 4.78 is 28.9. The van der Waals surface area contributed by atoms with Gasteiger partial charge in [0.1, 0.15) is 5.75 Å². The maximum Gasteiger partial charge on any atom is 0.164 e. The van der Waals surface area contributed by atoms with Crippen molar-refractivity contribution in [2.24, 2.45) is 0 Å². The van der Waals surface area contributed by atoms with Crippen molar-refractivity contribution in [3.8, 4) is 5.75 Å². The molecule has 0 radical (unpaired) electrons. The summed E-state index contributed by atoms with van der Waals surface area (Å²) in [4.78, 5) is 12.3. The third-order valence-electron chi connectivity index (χ3n) is 3.72. The first-order valence-electron chi connectivity index (χ1n) is 7.25. The minimum atomic E-state index is -3.01. The predicted molar refractivity (Wildman–Crippen MR) is 79.5 cm³/mol. The van der Waals surface area contributed by atoms with E-state index < -0.39 is 9.84 Å². The van der Waals surface area contributed by atoms with Crippen LogP contribution in [0.4, 0.5) is 0 Å². The highest BCUT2D eigenvalue weighted by Gasteiger charge is 2.27. The average molecular weight is 309 g/mol. The summed E-state index contributed by atoms with van der Waals surface area (Å²) in [5.74, 6) is 0.859. The molecule has 1 aromatic rings. The molecule has 1 aliphatic carbocycles. The zero-order valence-corrected chi connectivity index (χ0v) is 12.6. The molecule has 1 atom stereocenters. The average Bonchev–Trinajstić information content (AvgIpc) is 3.22. The van der Waals surface area contributed by atoms with E-state index in [0.717, 1.165) is 12.8 Å². The number of Topliss-reactive ketones (excluding diaryl/α,β-unsaturated/α-hetero) is 1. The minimum absolute atomic E-state index is 0.0387. The van der Waals surface area contributed by atoms with E-state index in [2.05, 4.69) is 5.32 Å². The van der Waals surface area contributed by atoms with Crippen LogP contribution in [-0.4, -0.2) is 44.4 Å². The van der Waals surface area contributed by atoms with Crippen LogP contribution in [0.2, 0.25) is 0 Å². The van der Waals surface area contributed by atoms with Crippen LogP contribution < -0.4 is 10.1 Å². The van der Waals surface area contributed by atoms with Crippen LogP contribution in [0.1, 0.15) is 29.6 Å². The molecule has 114 valence electrons. The number of carbonyl (C=O) groups is 1. The molecule has 3 rings (SSSR count). The lowest BCUT2D eigenvalue weighted by Crippen LogP contribution is -2.45. The molecule has 0 spiro atoms. The van der Waals surface area contributed by atoms with E-state index in [1.807, 2.05) is 6.07 Å². The molecule has 1 aliphatic heterocycles. The van der Waals surface area contributed by atoms with Crippen LogP contribution in [0.25, 0.3) is 0 Å². The monoisotopic (exact) mass is 309 g/mol. The van der Waals surface area contributed by atoms with Crippen molar-refractivity contribution in [2.75, 3.05) is 18.1 Å². The number of carbonyl (C=O) groups excluding carboxylic acids is 1. The quantitative estimate of drug-likeness (QED) is 0.827. The van der Waals surface area contributed by atoms with Crippen molar-refractivity contribution in [3.05, 3.63) is 29.8 Å². The third-order valence-corrected chi connectivity index (χ3v) is 5.45. The Morgan fingerprint density at radius 1 is 1.33 bits per heavy atom. The molecule has 2 aliphatic rings. The van der Waals surface area contributed by atoms with Gasteiger partial charge in [-0.25, -0.2) is 8.42 Å². The Bertz CT molecular complexity index is 637. The highest BCUT2D eigenvalue weighted by atomic mass is 32.2. The Hall–Kier alpha value is -1.40. The first-order chi connectivity index (χ1) is 10.0. The largest absolute Gasteiger partial charge is 0.490 e. The van der Waals surface area contributed by atoms with Gasteiger partial charge < -0.3 is 10.1 Å². The van der Waals surface area contributed by atoms with Crippen LogP contribution in [0.5, 0.6) is 5.75 Å². The number of sulfone groups is 1. The van der Waals surface area contributed by atoms with Crippen molar-refractivity contribution in [1.29, 1.82) is 0 Å². The van der Waals surface area contributed by atoms with E-state index in [4.69, 9.17) is 4.74 Å². The van der Waals surface area contributed by atoms with E-state index in [-0.39, 0.29) is 29.8 Å². The molecule has 0 amide bonds. The molecular weight excluding hydrogens is 290 g/mol. The molecule has 1 saturated carbocycles. The molecule has 1 aromatic carbocycles. The number of benzene rings is 1. The van der Waals surface area contributed by atoms with Gasteiger partial charge >= 0.3 is 0 Å². The smallest absolute Gasteiger partial charge is 0.164 e. The molecule has 1 unspecified atom stereocenters. The number of rotatable bonds is 5. The van der Waals surface area contributed by atoms with E-state index in [1.165, 1.54) is 0 Å². The lowest BCUT2D eigenvalue weighted by atomic mass is 10.0. The number of ketones is 1. The predicted octanol–water partition coefficient (Wildman–Crippen LogP) is 1.19. The molecule has 2 fully saturated rings. The lowest BCUT2D eigenvalue weighted by molar-refractivity contribution is 0.0971. The number of ether oxygens (including phenoxy) is 1. The summed E-state index contributed by atoms with van der Waals surface area (Å²) in [6, 6.07) is 6.86. The van der Waals surface area contributed by atoms with Crippen LogP contribution in [-0.2, 0) is 9.84 Å². The molecule has 1 N–H and O–H groups in total. The molecule has 1 heterocycles. The highest BCUT2D eigenvalue weighted by Crippen LogP contribution is 2.27. The first-order valence-corrected chi connectivity index (χ1v) is 9.08. The topological polar surface area (TPSA) is 72.5 Å². The molecule has 5 nitrogen and oxygen atoms in total. The summed E-state index contributed by atoms with van der Waals surface area (Å²) in [6.07, 6.45) is 2.64. The molecule has 1 saturated heterocycles. The highest BCUT2D eigenvalue weighted by molar-refractivity contribution is 7.91. The Morgan fingerprint density at radius 3 is 2.86 bits per heavy atom. The van der Waals surface area contributed by atoms with Gasteiger partial charge in [0.05, 0.1) is 17.6 Å². The van der Waals surface area contributed by atoms with Crippen molar-refractivity contribution in [3.63, 3.8) is 0 Å². The summed E-state index contributed by atoms with van der Waals surface area (Å²) in [6.45, 7) is 0.422. The second kappa shape index (κ2) is 5.77. The number of hydrogen-bond donors (Lipinski definition) is 1. The standard InChI is InChI=1S/C15H19NO4S/c17-15(9-12-10-21(18,19)7-6-16-12)11-2-1-3-14(8-11)20-13-4-5-13/h1-3,8,12-13,16H,4-7,9-10H2. The Labute approximate surface area is 124 Å². The van der Waals surface area contributed by atoms with Gasteiger partial charge in [0.2, 0.25) is 0 Å². The number of hydrogen-bond acceptors (Lipinski definition) is 5. The summed E-state index contributed by atoms with van der Waals surface area (Å²) in [5.41, 5.74) is 0.581. The maximum absolute atomic E-state index is 12.3. The Morgan fingerprint density at radius 2 is 2.14 bits per heavy atom. The third kappa shape index (κ3) is 4.04. The van der Waals surface area contributed by atoms with Crippen LogP contribution in [0.3, 0.4) is 0 Å².